The number of ether oxygens (including phenoxy) is 1. The van der Waals surface area contributed by atoms with E-state index < -0.39 is 0 Å². The van der Waals surface area contributed by atoms with Crippen molar-refractivity contribution in [2.75, 3.05) is 37.7 Å². The number of aryl methyl sites for hydroxylation is 1. The minimum atomic E-state index is 0.619. The Labute approximate surface area is 159 Å². The lowest BCUT2D eigenvalue weighted by molar-refractivity contribution is 0.300. The van der Waals surface area contributed by atoms with E-state index in [4.69, 9.17) is 4.74 Å². The molecule has 1 saturated heterocycles. The quantitative estimate of drug-likeness (QED) is 0.839. The number of pyridine rings is 2. The van der Waals surface area contributed by atoms with Gasteiger partial charge in [0.1, 0.15) is 23.1 Å². The molecule has 7 nitrogen and oxygen atoms in total. The number of piperazine rings is 1. The zero-order valence-electron chi connectivity index (χ0n) is 15.6. The molecule has 2 aliphatic rings. The molecule has 0 unspecified atom stereocenters. The summed E-state index contributed by atoms with van der Waals surface area (Å²) in [6, 6.07) is 8.01. The second-order valence-electron chi connectivity index (χ2n) is 6.74. The highest BCUT2D eigenvalue weighted by molar-refractivity contribution is 6.01. The normalized spacial score (nSPS) is 18.0. The highest BCUT2D eigenvalue weighted by atomic mass is 16.5. The maximum atomic E-state index is 5.70. The molecule has 4 heterocycles. The third kappa shape index (κ3) is 3.86. The maximum Gasteiger partial charge on any atom is 0.147 e. The lowest BCUT2D eigenvalue weighted by atomic mass is 10.1. The van der Waals surface area contributed by atoms with Gasteiger partial charge in [-0.3, -0.25) is 10.4 Å². The number of hydrogen-bond donors (Lipinski definition) is 1. The van der Waals surface area contributed by atoms with Crippen LogP contribution in [0.15, 0.2) is 54.2 Å². The van der Waals surface area contributed by atoms with Crippen molar-refractivity contribution in [2.45, 2.75) is 13.3 Å². The number of aromatic nitrogens is 2. The molecule has 2 aromatic rings. The molecule has 0 bridgehead atoms. The van der Waals surface area contributed by atoms with E-state index in [1.165, 1.54) is 0 Å². The standard InChI is InChI=1S/C20H24N6O/c1-15-13-18-20(22-14-15)17(6-12-27-18)24-23-16(2)25-8-10-26(11-9-25)19-5-3-4-7-21-19/h3-5,7,13-14,23H,2,6,8-12H2,1H3/b24-17-. The number of hydrogen-bond acceptors (Lipinski definition) is 7. The number of hydrazone groups is 1. The summed E-state index contributed by atoms with van der Waals surface area (Å²) in [5.41, 5.74) is 5.92. The zero-order valence-corrected chi connectivity index (χ0v) is 15.6. The summed E-state index contributed by atoms with van der Waals surface area (Å²) in [5.74, 6) is 2.64. The first kappa shape index (κ1) is 17.3. The Bertz CT molecular complexity index is 843. The van der Waals surface area contributed by atoms with Gasteiger partial charge in [-0.1, -0.05) is 12.6 Å². The monoisotopic (exact) mass is 364 g/mol. The molecule has 140 valence electrons. The first-order valence-corrected chi connectivity index (χ1v) is 9.23. The second-order valence-corrected chi connectivity index (χ2v) is 6.74. The summed E-state index contributed by atoms with van der Waals surface area (Å²) < 4.78 is 5.70. The molecule has 0 aliphatic carbocycles. The number of anilines is 1. The van der Waals surface area contributed by atoms with Crippen molar-refractivity contribution in [2.24, 2.45) is 5.10 Å². The Kier molecular flexibility index (Phi) is 4.91. The van der Waals surface area contributed by atoms with Crippen molar-refractivity contribution in [3.8, 4) is 5.75 Å². The van der Waals surface area contributed by atoms with E-state index >= 15 is 0 Å². The van der Waals surface area contributed by atoms with Crippen molar-refractivity contribution >= 4 is 11.5 Å². The molecule has 4 rings (SSSR count). The molecule has 0 spiro atoms. The lowest BCUT2D eigenvalue weighted by Gasteiger charge is -2.37. The fraction of sp³-hybridized carbons (Fsp3) is 0.350. The van der Waals surface area contributed by atoms with Gasteiger partial charge in [-0.15, -0.1) is 0 Å². The summed E-state index contributed by atoms with van der Waals surface area (Å²) in [7, 11) is 0. The minimum Gasteiger partial charge on any atom is -0.491 e. The van der Waals surface area contributed by atoms with Crippen LogP contribution in [0.3, 0.4) is 0 Å². The first-order chi connectivity index (χ1) is 13.2. The molecule has 27 heavy (non-hydrogen) atoms. The van der Waals surface area contributed by atoms with E-state index in [1.54, 1.807) is 0 Å². The number of fused-ring (bicyclic) bond motifs is 1. The summed E-state index contributed by atoms with van der Waals surface area (Å²) in [5, 5.41) is 4.56. The van der Waals surface area contributed by atoms with Gasteiger partial charge >= 0.3 is 0 Å². The Morgan fingerprint density at radius 3 is 2.85 bits per heavy atom. The van der Waals surface area contributed by atoms with Crippen molar-refractivity contribution < 1.29 is 4.74 Å². The van der Waals surface area contributed by atoms with Crippen LogP contribution in [0.2, 0.25) is 0 Å². The van der Waals surface area contributed by atoms with E-state index in [0.29, 0.717) is 6.61 Å². The number of nitrogens with one attached hydrogen (secondary N) is 1. The van der Waals surface area contributed by atoms with Gasteiger partial charge in [0.05, 0.1) is 12.3 Å². The van der Waals surface area contributed by atoms with Crippen LogP contribution in [0.1, 0.15) is 17.7 Å². The van der Waals surface area contributed by atoms with Crippen LogP contribution < -0.4 is 15.1 Å². The number of nitrogens with zero attached hydrogens (tertiary/aromatic N) is 5. The molecule has 2 aliphatic heterocycles. The zero-order chi connectivity index (χ0) is 18.6. The largest absolute Gasteiger partial charge is 0.491 e. The summed E-state index contributed by atoms with van der Waals surface area (Å²) in [4.78, 5) is 13.4. The van der Waals surface area contributed by atoms with E-state index in [0.717, 1.165) is 67.0 Å². The van der Waals surface area contributed by atoms with E-state index in [9.17, 15) is 0 Å². The summed E-state index contributed by atoms with van der Waals surface area (Å²) in [6.07, 6.45) is 4.41. The van der Waals surface area contributed by atoms with E-state index in [1.807, 2.05) is 43.6 Å². The third-order valence-electron chi connectivity index (χ3n) is 4.81. The Balaban J connectivity index is 1.36. The fourth-order valence-electron chi connectivity index (χ4n) is 3.30. The third-order valence-corrected chi connectivity index (χ3v) is 4.81. The molecular formula is C20H24N6O. The van der Waals surface area contributed by atoms with E-state index in [-0.39, 0.29) is 0 Å². The smallest absolute Gasteiger partial charge is 0.147 e. The van der Waals surface area contributed by atoms with Gasteiger partial charge in [0, 0.05) is 45.0 Å². The number of rotatable bonds is 4. The summed E-state index contributed by atoms with van der Waals surface area (Å²) in [6.45, 7) is 10.4. The van der Waals surface area contributed by atoms with E-state index in [2.05, 4.69) is 36.9 Å². The van der Waals surface area contributed by atoms with Crippen LogP contribution in [-0.4, -0.2) is 53.4 Å². The molecule has 1 fully saturated rings. The van der Waals surface area contributed by atoms with Gasteiger partial charge < -0.3 is 14.5 Å². The van der Waals surface area contributed by atoms with Gasteiger partial charge in [-0.05, 0) is 30.7 Å². The van der Waals surface area contributed by atoms with Crippen molar-refractivity contribution in [1.29, 1.82) is 0 Å². The van der Waals surface area contributed by atoms with Crippen LogP contribution >= 0.6 is 0 Å². The highest BCUT2D eigenvalue weighted by Gasteiger charge is 2.21. The fourth-order valence-corrected chi connectivity index (χ4v) is 3.30. The Morgan fingerprint density at radius 2 is 2.07 bits per heavy atom. The highest BCUT2D eigenvalue weighted by Crippen LogP contribution is 2.24. The van der Waals surface area contributed by atoms with Crippen molar-refractivity contribution in [1.82, 2.24) is 20.3 Å². The maximum absolute atomic E-state index is 5.70. The van der Waals surface area contributed by atoms with Crippen LogP contribution in [0, 0.1) is 6.92 Å². The molecular weight excluding hydrogens is 340 g/mol. The van der Waals surface area contributed by atoms with Crippen LogP contribution in [0.25, 0.3) is 0 Å². The predicted octanol–water partition coefficient (Wildman–Crippen LogP) is 2.15. The molecule has 7 heteroatoms. The van der Waals surface area contributed by atoms with Crippen LogP contribution in [0.5, 0.6) is 5.75 Å². The molecule has 1 N–H and O–H groups in total. The average molecular weight is 364 g/mol. The summed E-state index contributed by atoms with van der Waals surface area (Å²) >= 11 is 0. The Morgan fingerprint density at radius 1 is 1.22 bits per heavy atom. The Hall–Kier alpha value is -3.09. The van der Waals surface area contributed by atoms with Gasteiger partial charge in [0.2, 0.25) is 0 Å². The van der Waals surface area contributed by atoms with Crippen molar-refractivity contribution in [3.63, 3.8) is 0 Å². The molecule has 0 atom stereocenters. The first-order valence-electron chi connectivity index (χ1n) is 9.23. The minimum absolute atomic E-state index is 0.619. The van der Waals surface area contributed by atoms with Crippen LogP contribution in [-0.2, 0) is 0 Å². The molecule has 0 radical (unpaired) electrons. The van der Waals surface area contributed by atoms with Gasteiger partial charge in [-0.25, -0.2) is 4.98 Å². The topological polar surface area (TPSA) is 65.9 Å². The lowest BCUT2D eigenvalue weighted by Crippen LogP contribution is -2.47. The van der Waals surface area contributed by atoms with Gasteiger partial charge in [0.15, 0.2) is 0 Å². The molecule has 0 aromatic carbocycles. The predicted molar refractivity (Wildman–Crippen MR) is 106 cm³/mol. The SMILES string of the molecule is C=C(N/N=C1/CCOc2cc(C)cnc21)N1CCN(c2ccccn2)CC1. The molecule has 2 aromatic heterocycles. The van der Waals surface area contributed by atoms with Crippen LogP contribution in [0.4, 0.5) is 5.82 Å². The second kappa shape index (κ2) is 7.65. The molecule has 0 amide bonds. The van der Waals surface area contributed by atoms with Crippen molar-refractivity contribution in [3.05, 3.63) is 60.3 Å². The van der Waals surface area contributed by atoms with Gasteiger partial charge in [0.25, 0.3) is 0 Å². The average Bonchev–Trinajstić information content (AvgIpc) is 2.72. The van der Waals surface area contributed by atoms with Gasteiger partial charge in [-0.2, -0.15) is 5.10 Å². The molecule has 0 saturated carbocycles.